The monoisotopic (exact) mass is 332 g/mol. The number of nitrogens with zero attached hydrogens (tertiary/aromatic N) is 3. The molecule has 1 unspecified atom stereocenters. The molecule has 0 bridgehead atoms. The van der Waals surface area contributed by atoms with Gasteiger partial charge < -0.3 is 14.8 Å². The van der Waals surface area contributed by atoms with E-state index in [9.17, 15) is 14.4 Å². The van der Waals surface area contributed by atoms with Crippen LogP contribution >= 0.6 is 0 Å². The fraction of sp³-hybridized carbons (Fsp3) is 0.647. The van der Waals surface area contributed by atoms with Crippen molar-refractivity contribution >= 4 is 11.8 Å². The summed E-state index contributed by atoms with van der Waals surface area (Å²) in [5.41, 5.74) is -0.131. The Labute approximate surface area is 141 Å². The lowest BCUT2D eigenvalue weighted by Gasteiger charge is -2.34. The lowest BCUT2D eigenvalue weighted by molar-refractivity contribution is -0.133. The Hall–Kier alpha value is -2.18. The first-order chi connectivity index (χ1) is 11.5. The van der Waals surface area contributed by atoms with Crippen molar-refractivity contribution in [2.45, 2.75) is 39.2 Å². The number of carbonyl (C=O) groups excluding carboxylic acids is 2. The highest BCUT2D eigenvalue weighted by Crippen LogP contribution is 2.32. The second kappa shape index (κ2) is 6.75. The number of amides is 2. The first-order valence-corrected chi connectivity index (χ1v) is 8.59. The molecule has 24 heavy (non-hydrogen) atoms. The van der Waals surface area contributed by atoms with E-state index in [4.69, 9.17) is 0 Å². The molecule has 3 rings (SSSR count). The smallest absolute Gasteiger partial charge is 0.274 e. The number of nitrogens with one attached hydrogen (secondary N) is 1. The number of H-pyrrole nitrogens is 1. The predicted molar refractivity (Wildman–Crippen MR) is 88.4 cm³/mol. The molecule has 2 heterocycles. The number of hydrogen-bond donors (Lipinski definition) is 1. The molecule has 1 atom stereocenters. The highest BCUT2D eigenvalue weighted by molar-refractivity contribution is 5.92. The molecule has 7 heteroatoms. The standard InChI is InChI=1S/C17H24N4O3/c1-11(2)14-10-20(17(24)13-7-19-15(22)8-18-13)6-5-16(23)21(14)9-12-3-4-12/h7-8,11-12,14H,3-6,9-10H2,1-2H3,(H,19,22). The topological polar surface area (TPSA) is 86.4 Å². The fourth-order valence-corrected chi connectivity index (χ4v) is 3.17. The van der Waals surface area contributed by atoms with Crippen LogP contribution in [-0.2, 0) is 4.79 Å². The highest BCUT2D eigenvalue weighted by atomic mass is 16.2. The van der Waals surface area contributed by atoms with Crippen LogP contribution in [0.15, 0.2) is 17.2 Å². The van der Waals surface area contributed by atoms with Gasteiger partial charge in [0, 0.05) is 32.3 Å². The summed E-state index contributed by atoms with van der Waals surface area (Å²) >= 11 is 0. The molecule has 1 aromatic heterocycles. The number of carbonyl (C=O) groups is 2. The Morgan fingerprint density at radius 2 is 2.12 bits per heavy atom. The van der Waals surface area contributed by atoms with Crippen molar-refractivity contribution in [2.75, 3.05) is 19.6 Å². The number of rotatable bonds is 4. The fourth-order valence-electron chi connectivity index (χ4n) is 3.17. The van der Waals surface area contributed by atoms with Gasteiger partial charge in [0.1, 0.15) is 5.69 Å². The molecule has 1 saturated heterocycles. The van der Waals surface area contributed by atoms with Crippen molar-refractivity contribution in [3.63, 3.8) is 0 Å². The van der Waals surface area contributed by atoms with Crippen LogP contribution in [0.4, 0.5) is 0 Å². The van der Waals surface area contributed by atoms with Crippen LogP contribution in [0, 0.1) is 11.8 Å². The summed E-state index contributed by atoms with van der Waals surface area (Å²) < 4.78 is 0. The van der Waals surface area contributed by atoms with Crippen LogP contribution in [-0.4, -0.2) is 57.3 Å². The van der Waals surface area contributed by atoms with Gasteiger partial charge in [0.25, 0.3) is 11.5 Å². The minimum Gasteiger partial charge on any atom is -0.337 e. The molecule has 1 aromatic rings. The van der Waals surface area contributed by atoms with Gasteiger partial charge in [-0.1, -0.05) is 13.8 Å². The summed E-state index contributed by atoms with van der Waals surface area (Å²) in [5.74, 6) is 0.784. The molecule has 1 saturated carbocycles. The lowest BCUT2D eigenvalue weighted by atomic mass is 10.0. The van der Waals surface area contributed by atoms with Crippen LogP contribution in [0.25, 0.3) is 0 Å². The van der Waals surface area contributed by atoms with Gasteiger partial charge in [0.05, 0.1) is 12.2 Å². The summed E-state index contributed by atoms with van der Waals surface area (Å²) in [6.07, 6.45) is 5.17. The molecule has 2 amide bonds. The quantitative estimate of drug-likeness (QED) is 0.887. The van der Waals surface area contributed by atoms with Gasteiger partial charge in [-0.05, 0) is 24.7 Å². The third-order valence-corrected chi connectivity index (χ3v) is 4.82. The van der Waals surface area contributed by atoms with E-state index in [1.54, 1.807) is 4.90 Å². The van der Waals surface area contributed by atoms with Crippen molar-refractivity contribution in [1.29, 1.82) is 0 Å². The van der Waals surface area contributed by atoms with Crippen molar-refractivity contribution in [3.05, 3.63) is 28.4 Å². The zero-order valence-electron chi connectivity index (χ0n) is 14.2. The van der Waals surface area contributed by atoms with Gasteiger partial charge in [0.2, 0.25) is 5.91 Å². The van der Waals surface area contributed by atoms with Crippen molar-refractivity contribution in [2.24, 2.45) is 11.8 Å². The Morgan fingerprint density at radius 1 is 1.38 bits per heavy atom. The molecule has 0 radical (unpaired) electrons. The predicted octanol–water partition coefficient (Wildman–Crippen LogP) is 0.879. The van der Waals surface area contributed by atoms with E-state index in [1.165, 1.54) is 19.0 Å². The van der Waals surface area contributed by atoms with E-state index >= 15 is 0 Å². The molecule has 1 aliphatic carbocycles. The van der Waals surface area contributed by atoms with Crippen LogP contribution in [0.3, 0.4) is 0 Å². The maximum Gasteiger partial charge on any atom is 0.274 e. The van der Waals surface area contributed by atoms with Gasteiger partial charge in [-0.2, -0.15) is 0 Å². The van der Waals surface area contributed by atoms with Crippen LogP contribution in [0.1, 0.15) is 43.6 Å². The molecule has 2 fully saturated rings. The number of hydrogen-bond acceptors (Lipinski definition) is 4. The second-order valence-corrected chi connectivity index (χ2v) is 7.10. The van der Waals surface area contributed by atoms with E-state index in [-0.39, 0.29) is 35.0 Å². The number of aromatic amines is 1. The Morgan fingerprint density at radius 3 is 2.71 bits per heavy atom. The van der Waals surface area contributed by atoms with Gasteiger partial charge >= 0.3 is 0 Å². The van der Waals surface area contributed by atoms with Crippen molar-refractivity contribution < 1.29 is 9.59 Å². The summed E-state index contributed by atoms with van der Waals surface area (Å²) in [7, 11) is 0. The molecule has 1 aliphatic heterocycles. The maximum atomic E-state index is 12.7. The van der Waals surface area contributed by atoms with Gasteiger partial charge in [0.15, 0.2) is 0 Å². The molecule has 0 spiro atoms. The minimum atomic E-state index is -0.340. The average molecular weight is 332 g/mol. The third-order valence-electron chi connectivity index (χ3n) is 4.82. The van der Waals surface area contributed by atoms with E-state index < -0.39 is 0 Å². The summed E-state index contributed by atoms with van der Waals surface area (Å²) in [5, 5.41) is 0. The van der Waals surface area contributed by atoms with E-state index in [0.29, 0.717) is 25.4 Å². The van der Waals surface area contributed by atoms with Gasteiger partial charge in [-0.15, -0.1) is 0 Å². The molecule has 2 aliphatic rings. The SMILES string of the molecule is CC(C)C1CN(C(=O)c2c[nH]c(=O)cn2)CCC(=O)N1CC1CC1. The molecular formula is C17H24N4O3. The van der Waals surface area contributed by atoms with E-state index in [2.05, 4.69) is 23.8 Å². The van der Waals surface area contributed by atoms with Crippen molar-refractivity contribution in [3.8, 4) is 0 Å². The highest BCUT2D eigenvalue weighted by Gasteiger charge is 2.36. The first-order valence-electron chi connectivity index (χ1n) is 8.59. The van der Waals surface area contributed by atoms with Crippen LogP contribution in [0.5, 0.6) is 0 Å². The van der Waals surface area contributed by atoms with E-state index in [1.807, 2.05) is 4.90 Å². The molecular weight excluding hydrogens is 308 g/mol. The largest absolute Gasteiger partial charge is 0.337 e. The first kappa shape index (κ1) is 16.7. The molecule has 1 N–H and O–H groups in total. The van der Waals surface area contributed by atoms with Crippen LogP contribution < -0.4 is 5.56 Å². The second-order valence-electron chi connectivity index (χ2n) is 7.10. The average Bonchev–Trinajstić information content (AvgIpc) is 3.37. The normalized spacial score (nSPS) is 22.0. The maximum absolute atomic E-state index is 12.7. The summed E-state index contributed by atoms with van der Waals surface area (Å²) in [6.45, 7) is 5.88. The minimum absolute atomic E-state index is 0.0207. The summed E-state index contributed by atoms with van der Waals surface area (Å²) in [4.78, 5) is 46.4. The third kappa shape index (κ3) is 3.66. The van der Waals surface area contributed by atoms with Crippen LogP contribution in [0.2, 0.25) is 0 Å². The Bertz CT molecular complexity index is 660. The Balaban J connectivity index is 1.79. The van der Waals surface area contributed by atoms with Crippen molar-refractivity contribution in [1.82, 2.24) is 19.8 Å². The molecule has 7 nitrogen and oxygen atoms in total. The van der Waals surface area contributed by atoms with Gasteiger partial charge in [-0.3, -0.25) is 14.4 Å². The number of aromatic nitrogens is 2. The summed E-state index contributed by atoms with van der Waals surface area (Å²) in [6, 6.07) is 0.0207. The Kier molecular flexibility index (Phi) is 4.69. The lowest BCUT2D eigenvalue weighted by Crippen LogP contribution is -2.48. The molecule has 0 aromatic carbocycles. The zero-order valence-corrected chi connectivity index (χ0v) is 14.2. The van der Waals surface area contributed by atoms with Gasteiger partial charge in [-0.25, -0.2) is 4.98 Å². The van der Waals surface area contributed by atoms with E-state index in [0.717, 1.165) is 12.7 Å². The zero-order chi connectivity index (χ0) is 17.3. The molecule has 130 valence electrons.